The Morgan fingerprint density at radius 1 is 0.971 bits per heavy atom. The van der Waals surface area contributed by atoms with E-state index >= 15 is 0 Å². The molecule has 0 aliphatic heterocycles. The maximum atomic E-state index is 13.4. The number of nitrogens with zero attached hydrogens (tertiary/aromatic N) is 3. The standard InChI is InChI=1S/C24H17FN4O3S3/c25-17-12-10-16(11-13-17)20-14-33-23(26-20)28-22(30)15-34-24-27-19-8-4-5-9-21(19)29(24)35(31,32)18-6-2-1-3-7-18/h1-14H,15H2,(H,26,28,30). The molecule has 1 amide bonds. The first kappa shape index (κ1) is 23.2. The Hall–Kier alpha value is -3.54. The molecule has 35 heavy (non-hydrogen) atoms. The first-order valence-electron chi connectivity index (χ1n) is 10.3. The van der Waals surface area contributed by atoms with E-state index in [1.165, 1.54) is 39.6 Å². The second kappa shape index (κ2) is 9.61. The number of carbonyl (C=O) groups excluding carboxylic acids is 1. The molecule has 0 saturated heterocycles. The number of hydrogen-bond donors (Lipinski definition) is 1. The van der Waals surface area contributed by atoms with Crippen LogP contribution in [0, 0.1) is 5.82 Å². The van der Waals surface area contributed by atoms with Gasteiger partial charge in [-0.15, -0.1) is 11.3 Å². The number of rotatable bonds is 7. The molecular weight excluding hydrogens is 507 g/mol. The lowest BCUT2D eigenvalue weighted by Gasteiger charge is -2.10. The largest absolute Gasteiger partial charge is 0.301 e. The lowest BCUT2D eigenvalue weighted by Crippen LogP contribution is -2.17. The van der Waals surface area contributed by atoms with Crippen LogP contribution in [-0.4, -0.2) is 34.0 Å². The zero-order valence-corrected chi connectivity index (χ0v) is 20.4. The Morgan fingerprint density at radius 3 is 2.46 bits per heavy atom. The van der Waals surface area contributed by atoms with Crippen LogP contribution in [0.5, 0.6) is 0 Å². The van der Waals surface area contributed by atoms with Crippen molar-refractivity contribution < 1.29 is 17.6 Å². The summed E-state index contributed by atoms with van der Waals surface area (Å²) in [6, 6.07) is 20.9. The van der Waals surface area contributed by atoms with Gasteiger partial charge in [0.25, 0.3) is 10.0 Å². The molecule has 11 heteroatoms. The number of nitrogens with one attached hydrogen (secondary N) is 1. The van der Waals surface area contributed by atoms with E-state index in [2.05, 4.69) is 15.3 Å². The molecule has 0 aliphatic rings. The average molecular weight is 525 g/mol. The van der Waals surface area contributed by atoms with Crippen LogP contribution in [0.2, 0.25) is 0 Å². The summed E-state index contributed by atoms with van der Waals surface area (Å²) in [5, 5.41) is 5.07. The van der Waals surface area contributed by atoms with Gasteiger partial charge in [-0.25, -0.2) is 26.7 Å². The SMILES string of the molecule is O=C(CSc1nc2ccccc2n1S(=O)(=O)c1ccccc1)Nc1nc(-c2ccc(F)cc2)cs1. The molecule has 0 atom stereocenters. The van der Waals surface area contributed by atoms with E-state index < -0.39 is 10.0 Å². The van der Waals surface area contributed by atoms with E-state index in [0.717, 1.165) is 17.3 Å². The number of imidazole rings is 1. The fourth-order valence-corrected chi connectivity index (χ4v) is 6.64. The Labute approximate surface area is 208 Å². The first-order chi connectivity index (χ1) is 16.9. The number of benzene rings is 3. The Balaban J connectivity index is 1.36. The van der Waals surface area contributed by atoms with Crippen LogP contribution >= 0.6 is 23.1 Å². The first-order valence-corrected chi connectivity index (χ1v) is 13.6. The molecule has 3 aromatic carbocycles. The summed E-state index contributed by atoms with van der Waals surface area (Å²) in [6.45, 7) is 0. The summed E-state index contributed by atoms with van der Waals surface area (Å²) in [7, 11) is -3.93. The van der Waals surface area contributed by atoms with Crippen molar-refractivity contribution in [3.05, 3.63) is 90.1 Å². The van der Waals surface area contributed by atoms with Crippen LogP contribution in [0.15, 0.2) is 94.3 Å². The van der Waals surface area contributed by atoms with E-state index in [4.69, 9.17) is 0 Å². The molecule has 0 unspecified atom stereocenters. The van der Waals surface area contributed by atoms with E-state index in [1.54, 1.807) is 60.0 Å². The van der Waals surface area contributed by atoms with Gasteiger partial charge in [-0.1, -0.05) is 42.1 Å². The molecule has 0 saturated carbocycles. The van der Waals surface area contributed by atoms with Gasteiger partial charge >= 0.3 is 0 Å². The van der Waals surface area contributed by atoms with E-state index in [-0.39, 0.29) is 27.5 Å². The summed E-state index contributed by atoms with van der Waals surface area (Å²) in [6.07, 6.45) is 0. The smallest absolute Gasteiger partial charge is 0.270 e. The van der Waals surface area contributed by atoms with Crippen molar-refractivity contribution in [2.24, 2.45) is 0 Å². The summed E-state index contributed by atoms with van der Waals surface area (Å²) >= 11 is 2.27. The Bertz CT molecular complexity index is 1620. The van der Waals surface area contributed by atoms with Gasteiger partial charge in [0.2, 0.25) is 5.91 Å². The second-order valence-electron chi connectivity index (χ2n) is 7.35. The van der Waals surface area contributed by atoms with Gasteiger partial charge < -0.3 is 5.32 Å². The topological polar surface area (TPSA) is 94.0 Å². The van der Waals surface area contributed by atoms with Crippen molar-refractivity contribution in [2.75, 3.05) is 11.1 Å². The number of amides is 1. The summed E-state index contributed by atoms with van der Waals surface area (Å²) < 4.78 is 41.1. The normalized spacial score (nSPS) is 11.6. The van der Waals surface area contributed by atoms with Crippen LogP contribution in [0.4, 0.5) is 9.52 Å². The highest BCUT2D eigenvalue weighted by molar-refractivity contribution is 8.00. The number of fused-ring (bicyclic) bond motifs is 1. The molecule has 0 aliphatic carbocycles. The molecule has 0 fully saturated rings. The lowest BCUT2D eigenvalue weighted by atomic mass is 10.2. The number of anilines is 1. The number of halogens is 1. The molecule has 0 spiro atoms. The molecule has 1 N–H and O–H groups in total. The minimum atomic E-state index is -3.93. The Morgan fingerprint density at radius 2 is 1.69 bits per heavy atom. The molecule has 5 aromatic rings. The number of carbonyl (C=O) groups is 1. The van der Waals surface area contributed by atoms with E-state index in [1.807, 2.05) is 0 Å². The van der Waals surface area contributed by atoms with Crippen molar-refractivity contribution in [1.29, 1.82) is 0 Å². The van der Waals surface area contributed by atoms with Gasteiger partial charge in [-0.3, -0.25) is 4.79 Å². The zero-order valence-electron chi connectivity index (χ0n) is 18.0. The highest BCUT2D eigenvalue weighted by atomic mass is 32.2. The number of aromatic nitrogens is 3. The van der Waals surface area contributed by atoms with Crippen LogP contribution in [0.1, 0.15) is 0 Å². The van der Waals surface area contributed by atoms with Gasteiger partial charge in [-0.05, 0) is 48.5 Å². The third kappa shape index (κ3) is 4.83. The summed E-state index contributed by atoms with van der Waals surface area (Å²) in [5.74, 6) is -0.764. The molecule has 176 valence electrons. The highest BCUT2D eigenvalue weighted by Crippen LogP contribution is 2.30. The summed E-state index contributed by atoms with van der Waals surface area (Å²) in [4.78, 5) is 21.6. The molecule has 5 rings (SSSR count). The quantitative estimate of drug-likeness (QED) is 0.292. The average Bonchev–Trinajstić information content (AvgIpc) is 3.48. The monoisotopic (exact) mass is 524 g/mol. The maximum Gasteiger partial charge on any atom is 0.270 e. The van der Waals surface area contributed by atoms with Crippen LogP contribution < -0.4 is 5.32 Å². The van der Waals surface area contributed by atoms with Crippen molar-refractivity contribution in [3.8, 4) is 11.3 Å². The predicted octanol–water partition coefficient (Wildman–Crippen LogP) is 5.27. The van der Waals surface area contributed by atoms with Crippen molar-refractivity contribution >= 4 is 55.2 Å². The minimum Gasteiger partial charge on any atom is -0.301 e. The van der Waals surface area contributed by atoms with Gasteiger partial charge in [0, 0.05) is 10.9 Å². The maximum absolute atomic E-state index is 13.4. The van der Waals surface area contributed by atoms with Gasteiger partial charge in [0.1, 0.15) is 5.82 Å². The number of para-hydroxylation sites is 2. The molecule has 2 aromatic heterocycles. The van der Waals surface area contributed by atoms with Crippen molar-refractivity contribution in [1.82, 2.24) is 13.9 Å². The third-order valence-corrected chi connectivity index (χ3v) is 8.52. The number of thioether (sulfide) groups is 1. The molecular formula is C24H17FN4O3S3. The molecule has 2 heterocycles. The molecule has 0 bridgehead atoms. The van der Waals surface area contributed by atoms with Crippen molar-refractivity contribution in [3.63, 3.8) is 0 Å². The zero-order chi connectivity index (χ0) is 24.4. The Kier molecular flexibility index (Phi) is 6.37. The fourth-order valence-electron chi connectivity index (χ4n) is 3.37. The van der Waals surface area contributed by atoms with E-state index in [0.29, 0.717) is 21.9 Å². The van der Waals surface area contributed by atoms with Gasteiger partial charge in [0.15, 0.2) is 10.3 Å². The molecule has 7 nitrogen and oxygen atoms in total. The van der Waals surface area contributed by atoms with Crippen LogP contribution in [0.3, 0.4) is 0 Å². The van der Waals surface area contributed by atoms with Gasteiger partial charge in [-0.2, -0.15) is 0 Å². The summed E-state index contributed by atoms with van der Waals surface area (Å²) in [5.41, 5.74) is 2.30. The van der Waals surface area contributed by atoms with Crippen LogP contribution in [0.25, 0.3) is 22.3 Å². The predicted molar refractivity (Wildman–Crippen MR) is 136 cm³/mol. The van der Waals surface area contributed by atoms with E-state index in [9.17, 15) is 17.6 Å². The highest BCUT2D eigenvalue weighted by Gasteiger charge is 2.25. The minimum absolute atomic E-state index is 0.0703. The van der Waals surface area contributed by atoms with Crippen LogP contribution in [-0.2, 0) is 14.8 Å². The fraction of sp³-hybridized carbons (Fsp3) is 0.0417. The second-order valence-corrected chi connectivity index (χ2v) is 10.9. The van der Waals surface area contributed by atoms with Crippen molar-refractivity contribution in [2.45, 2.75) is 10.1 Å². The lowest BCUT2D eigenvalue weighted by molar-refractivity contribution is -0.113. The third-order valence-electron chi connectivity index (χ3n) is 4.99. The molecule has 0 radical (unpaired) electrons. The number of hydrogen-bond acceptors (Lipinski definition) is 7. The van der Waals surface area contributed by atoms with Gasteiger partial charge in [0.05, 0.1) is 27.4 Å². The number of thiazole rings is 1.